The fourth-order valence-electron chi connectivity index (χ4n) is 2.57. The van der Waals surface area contributed by atoms with Gasteiger partial charge in [-0.15, -0.1) is 0 Å². The highest BCUT2D eigenvalue weighted by Crippen LogP contribution is 2.18. The van der Waals surface area contributed by atoms with Crippen LogP contribution in [0.5, 0.6) is 5.75 Å². The molecule has 134 valence electrons. The monoisotopic (exact) mass is 341 g/mol. The number of rotatable bonds is 8. The van der Waals surface area contributed by atoms with E-state index in [1.54, 1.807) is 7.11 Å². The molecule has 0 aliphatic heterocycles. The molecule has 0 spiro atoms. The molecule has 0 radical (unpaired) electrons. The molecule has 1 unspecified atom stereocenters. The molecule has 2 aromatic carbocycles. The van der Waals surface area contributed by atoms with Crippen molar-refractivity contribution in [3.8, 4) is 5.75 Å². The Hall–Kier alpha value is -2.53. The fraction of sp³-hybridized carbons (Fsp3) is 0.350. The number of hydrogen-bond acceptors (Lipinski definition) is 3. The maximum Gasteiger partial charge on any atom is 0.191 e. The van der Waals surface area contributed by atoms with E-state index in [2.05, 4.69) is 15.6 Å². The molecule has 2 aromatic rings. The van der Waals surface area contributed by atoms with Crippen LogP contribution < -0.4 is 15.4 Å². The van der Waals surface area contributed by atoms with Gasteiger partial charge in [-0.05, 0) is 18.6 Å². The predicted molar refractivity (Wildman–Crippen MR) is 102 cm³/mol. The van der Waals surface area contributed by atoms with Crippen molar-refractivity contribution >= 4 is 5.96 Å². The van der Waals surface area contributed by atoms with Crippen LogP contribution in [0.4, 0.5) is 0 Å². The van der Waals surface area contributed by atoms with Crippen LogP contribution >= 0.6 is 0 Å². The minimum Gasteiger partial charge on any atom is -0.496 e. The molecule has 0 amide bonds. The molecule has 2 rings (SSSR count). The summed E-state index contributed by atoms with van der Waals surface area (Å²) in [4.78, 5) is 4.63. The highest BCUT2D eigenvalue weighted by atomic mass is 16.5. The van der Waals surface area contributed by atoms with E-state index in [1.807, 2.05) is 61.5 Å². The van der Waals surface area contributed by atoms with Crippen molar-refractivity contribution in [1.82, 2.24) is 10.6 Å². The van der Waals surface area contributed by atoms with Gasteiger partial charge in [-0.1, -0.05) is 48.5 Å². The van der Waals surface area contributed by atoms with Crippen molar-refractivity contribution in [2.24, 2.45) is 4.99 Å². The summed E-state index contributed by atoms with van der Waals surface area (Å²) >= 11 is 0. The first-order valence-electron chi connectivity index (χ1n) is 8.58. The van der Waals surface area contributed by atoms with Gasteiger partial charge in [0.1, 0.15) is 5.75 Å². The van der Waals surface area contributed by atoms with Gasteiger partial charge in [-0.25, -0.2) is 4.99 Å². The summed E-state index contributed by atoms with van der Waals surface area (Å²) in [7, 11) is 1.66. The first-order valence-corrected chi connectivity index (χ1v) is 8.58. The first-order chi connectivity index (χ1) is 12.3. The van der Waals surface area contributed by atoms with Crippen LogP contribution in [-0.2, 0) is 6.54 Å². The SMILES string of the molecule is CCNC(=NCc1ccccc1OC)NCC(CO)c1ccccc1. The third-order valence-corrected chi connectivity index (χ3v) is 3.95. The van der Waals surface area contributed by atoms with Gasteiger partial charge in [-0.3, -0.25) is 0 Å². The minimum absolute atomic E-state index is 0.0244. The Morgan fingerprint density at radius 1 is 1.08 bits per heavy atom. The first kappa shape index (κ1) is 18.8. The number of aliphatic hydroxyl groups is 1. The van der Waals surface area contributed by atoms with E-state index >= 15 is 0 Å². The topological polar surface area (TPSA) is 65.9 Å². The summed E-state index contributed by atoms with van der Waals surface area (Å²) in [5.41, 5.74) is 2.14. The zero-order valence-electron chi connectivity index (χ0n) is 14.9. The molecule has 0 aliphatic carbocycles. The Morgan fingerprint density at radius 2 is 1.80 bits per heavy atom. The van der Waals surface area contributed by atoms with Gasteiger partial charge in [-0.2, -0.15) is 0 Å². The van der Waals surface area contributed by atoms with Crippen molar-refractivity contribution < 1.29 is 9.84 Å². The van der Waals surface area contributed by atoms with E-state index in [1.165, 1.54) is 0 Å². The Kier molecular flexibility index (Phi) is 7.79. The summed E-state index contributed by atoms with van der Waals surface area (Å²) in [6.45, 7) is 4.02. The minimum atomic E-state index is 0.0244. The van der Waals surface area contributed by atoms with Gasteiger partial charge in [0.15, 0.2) is 5.96 Å². The number of benzene rings is 2. The van der Waals surface area contributed by atoms with Crippen molar-refractivity contribution in [3.63, 3.8) is 0 Å². The summed E-state index contributed by atoms with van der Waals surface area (Å²) in [6, 6.07) is 17.9. The lowest BCUT2D eigenvalue weighted by Crippen LogP contribution is -2.39. The molecule has 0 heterocycles. The maximum absolute atomic E-state index is 9.68. The van der Waals surface area contributed by atoms with E-state index in [4.69, 9.17) is 4.74 Å². The van der Waals surface area contributed by atoms with Crippen molar-refractivity contribution in [1.29, 1.82) is 0 Å². The lowest BCUT2D eigenvalue weighted by atomic mass is 10.0. The second-order valence-electron chi connectivity index (χ2n) is 5.68. The average molecular weight is 341 g/mol. The van der Waals surface area contributed by atoms with Gasteiger partial charge >= 0.3 is 0 Å². The molecule has 25 heavy (non-hydrogen) atoms. The van der Waals surface area contributed by atoms with E-state index in [-0.39, 0.29) is 12.5 Å². The quantitative estimate of drug-likeness (QED) is 0.510. The molecule has 1 atom stereocenters. The number of para-hydroxylation sites is 1. The Bertz CT molecular complexity index is 659. The molecule has 0 saturated carbocycles. The Labute approximate surface area is 149 Å². The van der Waals surface area contributed by atoms with Gasteiger partial charge in [0.2, 0.25) is 0 Å². The lowest BCUT2D eigenvalue weighted by molar-refractivity contribution is 0.265. The van der Waals surface area contributed by atoms with Crippen molar-refractivity contribution in [3.05, 3.63) is 65.7 Å². The van der Waals surface area contributed by atoms with Gasteiger partial charge in [0.05, 0.1) is 20.3 Å². The van der Waals surface area contributed by atoms with Crippen LogP contribution in [0.2, 0.25) is 0 Å². The lowest BCUT2D eigenvalue weighted by Gasteiger charge is -2.18. The molecule has 3 N–H and O–H groups in total. The van der Waals surface area contributed by atoms with Crippen LogP contribution in [0.25, 0.3) is 0 Å². The molecule has 0 aromatic heterocycles. The second-order valence-corrected chi connectivity index (χ2v) is 5.68. The molecule has 0 bridgehead atoms. The van der Waals surface area contributed by atoms with E-state index in [0.717, 1.165) is 29.4 Å². The molecule has 5 nitrogen and oxygen atoms in total. The number of ether oxygens (including phenoxy) is 1. The fourth-order valence-corrected chi connectivity index (χ4v) is 2.57. The molecule has 5 heteroatoms. The number of methoxy groups -OCH3 is 1. The molecular formula is C20H27N3O2. The number of guanidine groups is 1. The van der Waals surface area contributed by atoms with E-state index in [0.29, 0.717) is 13.1 Å². The third kappa shape index (κ3) is 5.80. The van der Waals surface area contributed by atoms with Gasteiger partial charge in [0.25, 0.3) is 0 Å². The number of nitrogens with zero attached hydrogens (tertiary/aromatic N) is 1. The summed E-state index contributed by atoms with van der Waals surface area (Å²) in [5, 5.41) is 16.2. The zero-order chi connectivity index (χ0) is 17.9. The zero-order valence-corrected chi connectivity index (χ0v) is 14.9. The van der Waals surface area contributed by atoms with Crippen LogP contribution in [0.1, 0.15) is 24.0 Å². The molecule has 0 aliphatic rings. The number of aliphatic hydroxyl groups excluding tert-OH is 1. The van der Waals surface area contributed by atoms with E-state index < -0.39 is 0 Å². The molecular weight excluding hydrogens is 314 g/mol. The Balaban J connectivity index is 2.02. The number of nitrogens with one attached hydrogen (secondary N) is 2. The second kappa shape index (κ2) is 10.4. The maximum atomic E-state index is 9.68. The summed E-state index contributed by atoms with van der Waals surface area (Å²) in [5.74, 6) is 1.58. The smallest absolute Gasteiger partial charge is 0.191 e. The van der Waals surface area contributed by atoms with Crippen LogP contribution in [0.15, 0.2) is 59.6 Å². The van der Waals surface area contributed by atoms with Crippen LogP contribution in [-0.4, -0.2) is 37.9 Å². The average Bonchev–Trinajstić information content (AvgIpc) is 2.67. The van der Waals surface area contributed by atoms with E-state index in [9.17, 15) is 5.11 Å². The van der Waals surface area contributed by atoms with Gasteiger partial charge < -0.3 is 20.5 Å². The van der Waals surface area contributed by atoms with Crippen LogP contribution in [0.3, 0.4) is 0 Å². The highest BCUT2D eigenvalue weighted by Gasteiger charge is 2.11. The van der Waals surface area contributed by atoms with Crippen molar-refractivity contribution in [2.45, 2.75) is 19.4 Å². The number of hydrogen-bond donors (Lipinski definition) is 3. The summed E-state index contributed by atoms with van der Waals surface area (Å²) in [6.07, 6.45) is 0. The Morgan fingerprint density at radius 3 is 2.48 bits per heavy atom. The predicted octanol–water partition coefficient (Wildman–Crippen LogP) is 2.53. The molecule has 0 fully saturated rings. The van der Waals surface area contributed by atoms with Gasteiger partial charge in [0, 0.05) is 24.6 Å². The molecule has 0 saturated heterocycles. The van der Waals surface area contributed by atoms with Crippen LogP contribution in [0, 0.1) is 0 Å². The standard InChI is InChI=1S/C20H27N3O2/c1-3-21-20(22-13-17-11-7-8-12-19(17)25-2)23-14-18(15-24)16-9-5-4-6-10-16/h4-12,18,24H,3,13-15H2,1-2H3,(H2,21,22,23). The normalized spacial score (nSPS) is 12.5. The highest BCUT2D eigenvalue weighted by molar-refractivity contribution is 5.79. The summed E-state index contributed by atoms with van der Waals surface area (Å²) < 4.78 is 5.37. The third-order valence-electron chi connectivity index (χ3n) is 3.95. The number of aliphatic imine (C=N–C) groups is 1. The van der Waals surface area contributed by atoms with Crippen molar-refractivity contribution in [2.75, 3.05) is 26.8 Å². The largest absolute Gasteiger partial charge is 0.496 e.